The molecular formula is C17H19F2NO2S. The van der Waals surface area contributed by atoms with Crippen LogP contribution < -0.4 is 4.72 Å². The molecule has 0 saturated heterocycles. The fourth-order valence-electron chi connectivity index (χ4n) is 2.32. The minimum absolute atomic E-state index is 0.528. The molecule has 0 amide bonds. The van der Waals surface area contributed by atoms with Crippen molar-refractivity contribution in [2.45, 2.75) is 37.6 Å². The molecule has 6 heteroatoms. The van der Waals surface area contributed by atoms with E-state index >= 15 is 0 Å². The average molecular weight is 339 g/mol. The van der Waals surface area contributed by atoms with Crippen molar-refractivity contribution in [3.8, 4) is 0 Å². The van der Waals surface area contributed by atoms with Gasteiger partial charge in [-0.25, -0.2) is 21.9 Å². The number of hydrogen-bond acceptors (Lipinski definition) is 2. The smallest absolute Gasteiger partial charge is 0.207 e. The number of halogens is 2. The van der Waals surface area contributed by atoms with Gasteiger partial charge in [0.2, 0.25) is 10.0 Å². The number of rotatable bonds is 6. The van der Waals surface area contributed by atoms with Crippen LogP contribution in [0, 0.1) is 11.6 Å². The molecule has 2 aromatic carbocycles. The van der Waals surface area contributed by atoms with Gasteiger partial charge in [0, 0.05) is 12.1 Å². The van der Waals surface area contributed by atoms with E-state index in [2.05, 4.69) is 11.6 Å². The van der Waals surface area contributed by atoms with E-state index in [9.17, 15) is 17.2 Å². The van der Waals surface area contributed by atoms with Crippen LogP contribution >= 0.6 is 0 Å². The maximum Gasteiger partial charge on any atom is 0.244 e. The summed E-state index contributed by atoms with van der Waals surface area (Å²) in [7, 11) is -4.07. The van der Waals surface area contributed by atoms with Crippen molar-refractivity contribution in [2.24, 2.45) is 0 Å². The van der Waals surface area contributed by atoms with E-state index in [1.165, 1.54) is 5.56 Å². The summed E-state index contributed by atoms with van der Waals surface area (Å²) in [5, 5.41) is 0. The molecule has 2 rings (SSSR count). The van der Waals surface area contributed by atoms with Crippen molar-refractivity contribution in [3.63, 3.8) is 0 Å². The van der Waals surface area contributed by atoms with Crippen molar-refractivity contribution in [3.05, 3.63) is 65.2 Å². The van der Waals surface area contributed by atoms with Crippen LogP contribution in [0.25, 0.3) is 0 Å². The Morgan fingerprint density at radius 3 is 2.30 bits per heavy atom. The van der Waals surface area contributed by atoms with Gasteiger partial charge in [-0.1, -0.05) is 37.6 Å². The lowest BCUT2D eigenvalue weighted by molar-refractivity contribution is 0.536. The van der Waals surface area contributed by atoms with Crippen molar-refractivity contribution in [1.29, 1.82) is 0 Å². The molecule has 0 heterocycles. The highest BCUT2D eigenvalue weighted by Gasteiger charge is 2.22. The minimum atomic E-state index is -4.07. The number of nitrogens with one attached hydrogen (secondary N) is 1. The van der Waals surface area contributed by atoms with Crippen LogP contribution in [0.3, 0.4) is 0 Å². The quantitative estimate of drug-likeness (QED) is 0.866. The van der Waals surface area contributed by atoms with Crippen LogP contribution in [0.2, 0.25) is 0 Å². The highest BCUT2D eigenvalue weighted by Crippen LogP contribution is 2.20. The number of hydrogen-bond donors (Lipinski definition) is 1. The topological polar surface area (TPSA) is 46.2 Å². The van der Waals surface area contributed by atoms with Crippen molar-refractivity contribution < 1.29 is 17.2 Å². The van der Waals surface area contributed by atoms with E-state index in [0.717, 1.165) is 30.5 Å². The Morgan fingerprint density at radius 2 is 1.74 bits per heavy atom. The van der Waals surface area contributed by atoms with Gasteiger partial charge in [-0.2, -0.15) is 0 Å². The molecule has 0 radical (unpaired) electrons. The van der Waals surface area contributed by atoms with Crippen molar-refractivity contribution in [2.75, 3.05) is 0 Å². The third-order valence-corrected chi connectivity index (χ3v) is 5.11. The second-order valence-corrected chi connectivity index (χ2v) is 7.09. The van der Waals surface area contributed by atoms with Crippen LogP contribution in [-0.2, 0) is 16.4 Å². The molecule has 0 aliphatic heterocycles. The molecule has 1 atom stereocenters. The van der Waals surface area contributed by atoms with E-state index in [1.54, 1.807) is 6.92 Å². The first-order valence-electron chi connectivity index (χ1n) is 7.39. The summed E-state index contributed by atoms with van der Waals surface area (Å²) >= 11 is 0. The van der Waals surface area contributed by atoms with E-state index in [4.69, 9.17) is 0 Å². The van der Waals surface area contributed by atoms with Crippen LogP contribution in [0.1, 0.15) is 37.4 Å². The fraction of sp³-hybridized carbons (Fsp3) is 0.294. The van der Waals surface area contributed by atoms with E-state index < -0.39 is 32.6 Å². The molecular weight excluding hydrogens is 320 g/mol. The minimum Gasteiger partial charge on any atom is -0.207 e. The number of sulfonamides is 1. The van der Waals surface area contributed by atoms with Gasteiger partial charge in [-0.15, -0.1) is 0 Å². The second-order valence-electron chi connectivity index (χ2n) is 5.41. The van der Waals surface area contributed by atoms with Gasteiger partial charge >= 0.3 is 0 Å². The molecule has 1 unspecified atom stereocenters. The normalized spacial score (nSPS) is 13.0. The Balaban J connectivity index is 2.19. The highest BCUT2D eigenvalue weighted by molar-refractivity contribution is 7.89. The van der Waals surface area contributed by atoms with Crippen LogP contribution in [0.5, 0.6) is 0 Å². The zero-order valence-electron chi connectivity index (χ0n) is 13.0. The standard InChI is InChI=1S/C17H19F2NO2S/c1-3-4-13-5-7-14(8-6-13)12(2)20-23(21,22)17-10-9-15(18)11-16(17)19/h5-12,20H,3-4H2,1-2H3. The van der Waals surface area contributed by atoms with Crippen molar-refractivity contribution >= 4 is 10.0 Å². The van der Waals surface area contributed by atoms with E-state index in [0.29, 0.717) is 6.07 Å². The lowest BCUT2D eigenvalue weighted by Gasteiger charge is -2.15. The highest BCUT2D eigenvalue weighted by atomic mass is 32.2. The van der Waals surface area contributed by atoms with Gasteiger partial charge in [0.1, 0.15) is 16.5 Å². The summed E-state index contributed by atoms with van der Waals surface area (Å²) in [4.78, 5) is -0.562. The molecule has 0 fully saturated rings. The zero-order valence-corrected chi connectivity index (χ0v) is 13.8. The third kappa shape index (κ3) is 4.36. The predicted molar refractivity (Wildman–Crippen MR) is 85.5 cm³/mol. The molecule has 0 spiro atoms. The molecule has 0 aromatic heterocycles. The summed E-state index contributed by atoms with van der Waals surface area (Å²) in [5.41, 5.74) is 1.95. The average Bonchev–Trinajstić information content (AvgIpc) is 2.47. The Bertz CT molecular complexity index is 774. The SMILES string of the molecule is CCCc1ccc(C(C)NS(=O)(=O)c2ccc(F)cc2F)cc1. The van der Waals surface area contributed by atoms with Crippen molar-refractivity contribution in [1.82, 2.24) is 4.72 Å². The molecule has 3 nitrogen and oxygen atoms in total. The summed E-state index contributed by atoms with van der Waals surface area (Å²) < 4.78 is 53.5. The lowest BCUT2D eigenvalue weighted by atomic mass is 10.0. The zero-order chi connectivity index (χ0) is 17.0. The van der Waals surface area contributed by atoms with Gasteiger partial charge in [0.15, 0.2) is 0 Å². The predicted octanol–water partition coefficient (Wildman–Crippen LogP) is 3.96. The summed E-state index contributed by atoms with van der Waals surface area (Å²) in [6.45, 7) is 3.76. The first-order valence-corrected chi connectivity index (χ1v) is 8.88. The molecule has 0 saturated carbocycles. The number of benzene rings is 2. The van der Waals surface area contributed by atoms with E-state index in [-0.39, 0.29) is 0 Å². The Morgan fingerprint density at radius 1 is 1.09 bits per heavy atom. The second kappa shape index (κ2) is 7.19. The number of aryl methyl sites for hydroxylation is 1. The monoisotopic (exact) mass is 339 g/mol. The maximum absolute atomic E-state index is 13.7. The van der Waals surface area contributed by atoms with Gasteiger partial charge in [-0.05, 0) is 36.6 Å². The largest absolute Gasteiger partial charge is 0.244 e. The summed E-state index contributed by atoms with van der Waals surface area (Å²) in [5.74, 6) is -1.93. The van der Waals surface area contributed by atoms with Gasteiger partial charge < -0.3 is 0 Å². The summed E-state index contributed by atoms with van der Waals surface area (Å²) in [6, 6.07) is 9.45. The van der Waals surface area contributed by atoms with Crippen LogP contribution in [-0.4, -0.2) is 8.42 Å². The van der Waals surface area contributed by atoms with Crippen LogP contribution in [0.15, 0.2) is 47.4 Å². The third-order valence-electron chi connectivity index (χ3n) is 3.53. The molecule has 2 aromatic rings. The Labute approximate surface area is 135 Å². The first-order chi connectivity index (χ1) is 10.8. The van der Waals surface area contributed by atoms with E-state index in [1.807, 2.05) is 24.3 Å². The molecule has 1 N–H and O–H groups in total. The Kier molecular flexibility index (Phi) is 5.49. The maximum atomic E-state index is 13.7. The lowest BCUT2D eigenvalue weighted by Crippen LogP contribution is -2.27. The first kappa shape index (κ1) is 17.6. The molecule has 23 heavy (non-hydrogen) atoms. The Hall–Kier alpha value is -1.79. The van der Waals surface area contributed by atoms with Gasteiger partial charge in [0.25, 0.3) is 0 Å². The molecule has 0 bridgehead atoms. The fourth-order valence-corrected chi connectivity index (χ4v) is 3.61. The van der Waals surface area contributed by atoms with Gasteiger partial charge in [0.05, 0.1) is 0 Å². The molecule has 0 aliphatic rings. The summed E-state index contributed by atoms with van der Waals surface area (Å²) in [6.07, 6.45) is 1.99. The molecule has 0 aliphatic carbocycles. The van der Waals surface area contributed by atoms with Crippen LogP contribution in [0.4, 0.5) is 8.78 Å². The van der Waals surface area contributed by atoms with Gasteiger partial charge in [-0.3, -0.25) is 0 Å². The molecule has 124 valence electrons.